The Morgan fingerprint density at radius 1 is 1.10 bits per heavy atom. The van der Waals surface area contributed by atoms with E-state index in [1.165, 1.54) is 12.8 Å². The van der Waals surface area contributed by atoms with E-state index in [-0.39, 0.29) is 5.97 Å². The van der Waals surface area contributed by atoms with Crippen LogP contribution in [0.2, 0.25) is 5.02 Å². The van der Waals surface area contributed by atoms with Gasteiger partial charge < -0.3 is 14.2 Å². The normalized spacial score (nSPS) is 16.2. The summed E-state index contributed by atoms with van der Waals surface area (Å²) >= 11 is 6.03. The first-order valence-electron chi connectivity index (χ1n) is 10.2. The number of aromatic nitrogens is 1. The minimum atomic E-state index is -0.262. The fourth-order valence-corrected chi connectivity index (χ4v) is 4.90. The summed E-state index contributed by atoms with van der Waals surface area (Å²) in [4.78, 5) is 14.9. The minimum Gasteiger partial charge on any atom is -0.465 e. The maximum Gasteiger partial charge on any atom is 0.340 e. The second kappa shape index (κ2) is 8.11. The standard InChI is InChI=1S/C24H27ClN2O2/c1-16(18-12-14-26(15-13-18)20-10-8-19(25)9-11-20)27-17(2)23(24(28)29-3)21-6-4-5-7-22(21)27/h4-11,16,18H,12-15H2,1-3H3/t16-/m1/s1. The number of esters is 1. The van der Waals surface area contributed by atoms with Crippen LogP contribution >= 0.6 is 11.6 Å². The maximum absolute atomic E-state index is 12.4. The number of ether oxygens (including phenoxy) is 1. The summed E-state index contributed by atoms with van der Waals surface area (Å²) in [5.74, 6) is 0.292. The molecule has 1 atom stereocenters. The topological polar surface area (TPSA) is 34.5 Å². The fraction of sp³-hybridized carbons (Fsp3) is 0.375. The van der Waals surface area contributed by atoms with Crippen LogP contribution in [0.5, 0.6) is 0 Å². The highest BCUT2D eigenvalue weighted by atomic mass is 35.5. The van der Waals surface area contributed by atoms with Gasteiger partial charge in [0, 0.05) is 46.4 Å². The molecule has 0 amide bonds. The monoisotopic (exact) mass is 410 g/mol. The number of nitrogens with zero attached hydrogens (tertiary/aromatic N) is 2. The van der Waals surface area contributed by atoms with E-state index in [9.17, 15) is 4.79 Å². The Labute approximate surface area is 177 Å². The quantitative estimate of drug-likeness (QED) is 0.504. The van der Waals surface area contributed by atoms with Gasteiger partial charge in [-0.05, 0) is 62.9 Å². The number of benzene rings is 2. The molecule has 1 aromatic heterocycles. The molecule has 0 spiro atoms. The van der Waals surface area contributed by atoms with Gasteiger partial charge in [-0.1, -0.05) is 29.8 Å². The van der Waals surface area contributed by atoms with Crippen LogP contribution in [0.4, 0.5) is 5.69 Å². The molecule has 1 aliphatic rings. The Bertz CT molecular complexity index is 1020. The second-order valence-electron chi connectivity index (χ2n) is 7.88. The molecule has 4 nitrogen and oxygen atoms in total. The molecule has 29 heavy (non-hydrogen) atoms. The van der Waals surface area contributed by atoms with Crippen LogP contribution in [0.3, 0.4) is 0 Å². The number of fused-ring (bicyclic) bond motifs is 1. The van der Waals surface area contributed by atoms with Crippen LogP contribution in [0.15, 0.2) is 48.5 Å². The van der Waals surface area contributed by atoms with Gasteiger partial charge in [0.1, 0.15) is 0 Å². The molecule has 0 aliphatic carbocycles. The second-order valence-corrected chi connectivity index (χ2v) is 8.32. The van der Waals surface area contributed by atoms with Crippen LogP contribution in [0.25, 0.3) is 10.9 Å². The Kier molecular flexibility index (Phi) is 5.55. The molecule has 4 rings (SSSR count). The molecule has 1 saturated heterocycles. The lowest BCUT2D eigenvalue weighted by Gasteiger charge is -2.37. The summed E-state index contributed by atoms with van der Waals surface area (Å²) in [5.41, 5.74) is 4.02. The van der Waals surface area contributed by atoms with Gasteiger partial charge in [0.25, 0.3) is 0 Å². The molecule has 2 heterocycles. The highest BCUT2D eigenvalue weighted by Crippen LogP contribution is 2.36. The van der Waals surface area contributed by atoms with Crippen molar-refractivity contribution in [1.82, 2.24) is 4.57 Å². The predicted octanol–water partition coefficient (Wildman–Crippen LogP) is 5.87. The van der Waals surface area contributed by atoms with Gasteiger partial charge in [-0.25, -0.2) is 4.79 Å². The molecule has 0 radical (unpaired) electrons. The molecule has 5 heteroatoms. The third-order valence-corrected chi connectivity index (χ3v) is 6.62. The van der Waals surface area contributed by atoms with Crippen molar-refractivity contribution in [2.75, 3.05) is 25.1 Å². The number of carbonyl (C=O) groups excluding carboxylic acids is 1. The zero-order valence-corrected chi connectivity index (χ0v) is 17.9. The van der Waals surface area contributed by atoms with Crippen molar-refractivity contribution in [1.29, 1.82) is 0 Å². The van der Waals surface area contributed by atoms with Crippen LogP contribution in [-0.2, 0) is 4.74 Å². The zero-order valence-electron chi connectivity index (χ0n) is 17.2. The highest BCUT2D eigenvalue weighted by Gasteiger charge is 2.29. The van der Waals surface area contributed by atoms with Gasteiger partial charge in [-0.2, -0.15) is 0 Å². The molecule has 3 aromatic rings. The van der Waals surface area contributed by atoms with E-state index >= 15 is 0 Å². The van der Waals surface area contributed by atoms with Crippen molar-refractivity contribution in [3.05, 3.63) is 64.8 Å². The molecule has 0 N–H and O–H groups in total. The number of hydrogen-bond donors (Lipinski definition) is 0. The van der Waals surface area contributed by atoms with E-state index in [1.807, 2.05) is 37.3 Å². The minimum absolute atomic E-state index is 0.262. The number of anilines is 1. The largest absolute Gasteiger partial charge is 0.465 e. The summed E-state index contributed by atoms with van der Waals surface area (Å²) in [6.07, 6.45) is 2.23. The third-order valence-electron chi connectivity index (χ3n) is 6.37. The van der Waals surface area contributed by atoms with E-state index in [0.29, 0.717) is 17.5 Å². The molecule has 0 saturated carbocycles. The van der Waals surface area contributed by atoms with E-state index in [4.69, 9.17) is 16.3 Å². The molecular formula is C24H27ClN2O2. The van der Waals surface area contributed by atoms with Crippen molar-refractivity contribution in [3.8, 4) is 0 Å². The summed E-state index contributed by atoms with van der Waals surface area (Å²) in [5, 5.41) is 1.75. The van der Waals surface area contributed by atoms with E-state index in [1.54, 1.807) is 0 Å². The number of hydrogen-bond acceptors (Lipinski definition) is 3. The number of para-hydroxylation sites is 1. The van der Waals surface area contributed by atoms with Gasteiger partial charge in [-0.15, -0.1) is 0 Å². The summed E-state index contributed by atoms with van der Waals surface area (Å²) in [6, 6.07) is 16.5. The van der Waals surface area contributed by atoms with E-state index in [2.05, 4.69) is 34.6 Å². The van der Waals surface area contributed by atoms with Gasteiger partial charge in [-0.3, -0.25) is 0 Å². The lowest BCUT2D eigenvalue weighted by Crippen LogP contribution is -2.36. The van der Waals surface area contributed by atoms with Crippen LogP contribution in [-0.4, -0.2) is 30.7 Å². The highest BCUT2D eigenvalue weighted by molar-refractivity contribution is 6.30. The van der Waals surface area contributed by atoms with Crippen molar-refractivity contribution in [2.45, 2.75) is 32.7 Å². The van der Waals surface area contributed by atoms with Gasteiger partial charge in [0.2, 0.25) is 0 Å². The summed E-state index contributed by atoms with van der Waals surface area (Å²) < 4.78 is 7.40. The molecule has 1 aliphatic heterocycles. The molecular weight excluding hydrogens is 384 g/mol. The number of methoxy groups -OCH3 is 1. The SMILES string of the molecule is COC(=O)c1c(C)n([C@H](C)C2CCN(c3ccc(Cl)cc3)CC2)c2ccccc12. The van der Waals surface area contributed by atoms with Crippen molar-refractivity contribution in [3.63, 3.8) is 0 Å². The van der Waals surface area contributed by atoms with Crippen molar-refractivity contribution in [2.24, 2.45) is 5.92 Å². The van der Waals surface area contributed by atoms with E-state index in [0.717, 1.165) is 47.6 Å². The van der Waals surface area contributed by atoms with Crippen LogP contribution < -0.4 is 4.90 Å². The lowest BCUT2D eigenvalue weighted by molar-refractivity contribution is 0.0601. The predicted molar refractivity (Wildman–Crippen MR) is 119 cm³/mol. The molecule has 0 unspecified atom stereocenters. The van der Waals surface area contributed by atoms with Gasteiger partial charge in [0.15, 0.2) is 0 Å². The van der Waals surface area contributed by atoms with Crippen LogP contribution in [0.1, 0.15) is 41.9 Å². The lowest BCUT2D eigenvalue weighted by atomic mass is 9.89. The number of piperidine rings is 1. The number of halogens is 1. The Balaban J connectivity index is 1.58. The smallest absolute Gasteiger partial charge is 0.340 e. The van der Waals surface area contributed by atoms with Gasteiger partial charge in [0.05, 0.1) is 12.7 Å². The summed E-state index contributed by atoms with van der Waals surface area (Å²) in [7, 11) is 1.45. The first-order chi connectivity index (χ1) is 14.0. The first-order valence-corrected chi connectivity index (χ1v) is 10.6. The van der Waals surface area contributed by atoms with Crippen molar-refractivity contribution < 1.29 is 9.53 Å². The molecule has 152 valence electrons. The Morgan fingerprint density at radius 3 is 2.41 bits per heavy atom. The van der Waals surface area contributed by atoms with Gasteiger partial charge >= 0.3 is 5.97 Å². The Hall–Kier alpha value is -2.46. The molecule has 0 bridgehead atoms. The molecule has 2 aromatic carbocycles. The fourth-order valence-electron chi connectivity index (χ4n) is 4.78. The first kappa shape index (κ1) is 19.8. The zero-order chi connectivity index (χ0) is 20.5. The average Bonchev–Trinajstić information content (AvgIpc) is 3.05. The third kappa shape index (κ3) is 3.62. The number of carbonyl (C=O) groups is 1. The average molecular weight is 411 g/mol. The van der Waals surface area contributed by atoms with E-state index < -0.39 is 0 Å². The Morgan fingerprint density at radius 2 is 1.76 bits per heavy atom. The summed E-state index contributed by atoms with van der Waals surface area (Å²) in [6.45, 7) is 6.37. The number of rotatable bonds is 4. The maximum atomic E-state index is 12.4. The molecule has 1 fully saturated rings. The van der Waals surface area contributed by atoms with Crippen LogP contribution in [0, 0.1) is 12.8 Å². The van der Waals surface area contributed by atoms with Crippen molar-refractivity contribution >= 4 is 34.2 Å².